The maximum atomic E-state index is 12.8. The minimum atomic E-state index is -0.490. The summed E-state index contributed by atoms with van der Waals surface area (Å²) in [6.07, 6.45) is 1.39. The van der Waals surface area contributed by atoms with Crippen molar-refractivity contribution in [1.29, 1.82) is 0 Å². The number of benzene rings is 2. The largest absolute Gasteiger partial charge is 0.353 e. The third-order valence-electron chi connectivity index (χ3n) is 4.19. The molecular formula is C20H18Cl2N4O2. The van der Waals surface area contributed by atoms with Gasteiger partial charge in [0.05, 0.1) is 17.3 Å². The van der Waals surface area contributed by atoms with Crippen LogP contribution in [-0.4, -0.2) is 34.2 Å². The van der Waals surface area contributed by atoms with Crippen molar-refractivity contribution in [1.82, 2.24) is 20.6 Å². The standard InChI is InChI=1S/C20H18Cl2N4O2/c1-12-23-10-16(22)19(25-12)20(28)26-17(11-24-18(27)9-21)15-7-6-13-4-2-3-5-14(13)8-15/h2-8,10,17H,9,11H2,1H3,(H,24,27)(H,26,28). The molecule has 1 heterocycles. The number of carbonyl (C=O) groups excluding carboxylic acids is 2. The SMILES string of the molecule is Cc1ncc(Cl)c(C(=O)NC(CNC(=O)CCl)c2ccc3ccccc3c2)n1. The van der Waals surface area contributed by atoms with Gasteiger partial charge in [0.2, 0.25) is 5.91 Å². The first-order chi connectivity index (χ1) is 13.5. The number of hydrogen-bond donors (Lipinski definition) is 2. The molecule has 8 heteroatoms. The van der Waals surface area contributed by atoms with Crippen LogP contribution in [0.4, 0.5) is 0 Å². The van der Waals surface area contributed by atoms with Crippen LogP contribution in [0.5, 0.6) is 0 Å². The van der Waals surface area contributed by atoms with Crippen LogP contribution in [0.2, 0.25) is 5.02 Å². The van der Waals surface area contributed by atoms with Crippen LogP contribution in [0.25, 0.3) is 10.8 Å². The minimum absolute atomic E-state index is 0.0867. The summed E-state index contributed by atoms with van der Waals surface area (Å²) in [6.45, 7) is 1.85. The van der Waals surface area contributed by atoms with Crippen LogP contribution >= 0.6 is 23.2 Å². The zero-order valence-electron chi connectivity index (χ0n) is 15.1. The van der Waals surface area contributed by atoms with E-state index < -0.39 is 11.9 Å². The van der Waals surface area contributed by atoms with Crippen LogP contribution in [0, 0.1) is 6.92 Å². The Kier molecular flexibility index (Phi) is 6.44. The molecule has 2 amide bonds. The van der Waals surface area contributed by atoms with Crippen LogP contribution in [0.15, 0.2) is 48.7 Å². The van der Waals surface area contributed by atoms with Crippen LogP contribution in [0.3, 0.4) is 0 Å². The van der Waals surface area contributed by atoms with Crippen molar-refractivity contribution < 1.29 is 9.59 Å². The number of halogens is 2. The smallest absolute Gasteiger partial charge is 0.272 e. The maximum absolute atomic E-state index is 12.8. The highest BCUT2D eigenvalue weighted by Crippen LogP contribution is 2.21. The molecule has 0 radical (unpaired) electrons. The summed E-state index contributed by atoms with van der Waals surface area (Å²) in [7, 11) is 0. The van der Waals surface area contributed by atoms with Gasteiger partial charge in [0.1, 0.15) is 17.4 Å². The third-order valence-corrected chi connectivity index (χ3v) is 4.70. The van der Waals surface area contributed by atoms with E-state index in [9.17, 15) is 9.59 Å². The average Bonchev–Trinajstić information content (AvgIpc) is 2.72. The number of hydrogen-bond acceptors (Lipinski definition) is 4. The molecule has 2 aromatic carbocycles. The van der Waals surface area contributed by atoms with Gasteiger partial charge in [-0.2, -0.15) is 0 Å². The Hall–Kier alpha value is -2.70. The third kappa shape index (κ3) is 4.77. The van der Waals surface area contributed by atoms with Crippen molar-refractivity contribution in [3.05, 3.63) is 70.8 Å². The lowest BCUT2D eigenvalue weighted by Crippen LogP contribution is -2.38. The summed E-state index contributed by atoms with van der Waals surface area (Å²) in [5.74, 6) is -0.492. The highest BCUT2D eigenvalue weighted by Gasteiger charge is 2.20. The number of fused-ring (bicyclic) bond motifs is 1. The summed E-state index contributed by atoms with van der Waals surface area (Å²) < 4.78 is 0. The first-order valence-electron chi connectivity index (χ1n) is 8.59. The zero-order chi connectivity index (χ0) is 20.1. The zero-order valence-corrected chi connectivity index (χ0v) is 16.6. The van der Waals surface area contributed by atoms with Gasteiger partial charge in [0.25, 0.3) is 5.91 Å². The fourth-order valence-electron chi connectivity index (χ4n) is 2.78. The maximum Gasteiger partial charge on any atom is 0.272 e. The van der Waals surface area contributed by atoms with Crippen molar-refractivity contribution in [3.63, 3.8) is 0 Å². The Morgan fingerprint density at radius 2 is 1.89 bits per heavy atom. The van der Waals surface area contributed by atoms with Crippen molar-refractivity contribution in [2.75, 3.05) is 12.4 Å². The molecule has 3 rings (SSSR count). The van der Waals surface area contributed by atoms with E-state index in [1.165, 1.54) is 6.20 Å². The van der Waals surface area contributed by atoms with E-state index in [-0.39, 0.29) is 29.0 Å². The predicted octanol–water partition coefficient (Wildman–Crippen LogP) is 3.42. The number of aromatic nitrogens is 2. The van der Waals surface area contributed by atoms with Gasteiger partial charge in [-0.3, -0.25) is 9.59 Å². The molecule has 6 nitrogen and oxygen atoms in total. The topological polar surface area (TPSA) is 84.0 Å². The van der Waals surface area contributed by atoms with E-state index >= 15 is 0 Å². The van der Waals surface area contributed by atoms with Gasteiger partial charge in [-0.05, 0) is 29.3 Å². The van der Waals surface area contributed by atoms with E-state index in [1.54, 1.807) is 6.92 Å². The molecule has 2 N–H and O–H groups in total. The number of aryl methyl sites for hydroxylation is 1. The minimum Gasteiger partial charge on any atom is -0.353 e. The molecule has 28 heavy (non-hydrogen) atoms. The Balaban J connectivity index is 1.90. The fraction of sp³-hybridized carbons (Fsp3) is 0.200. The van der Waals surface area contributed by atoms with E-state index in [0.717, 1.165) is 16.3 Å². The Bertz CT molecular complexity index is 1030. The number of alkyl halides is 1. The number of carbonyl (C=O) groups is 2. The van der Waals surface area contributed by atoms with Gasteiger partial charge in [-0.1, -0.05) is 48.0 Å². The summed E-state index contributed by atoms with van der Waals surface area (Å²) in [5, 5.41) is 7.86. The average molecular weight is 417 g/mol. The molecule has 1 aromatic heterocycles. The van der Waals surface area contributed by atoms with Crippen molar-refractivity contribution in [2.45, 2.75) is 13.0 Å². The molecule has 0 aliphatic heterocycles. The number of rotatable bonds is 6. The second-order valence-corrected chi connectivity index (χ2v) is 6.86. The lowest BCUT2D eigenvalue weighted by Gasteiger charge is -2.20. The highest BCUT2D eigenvalue weighted by atomic mass is 35.5. The molecule has 0 fully saturated rings. The molecule has 0 saturated carbocycles. The molecular weight excluding hydrogens is 399 g/mol. The predicted molar refractivity (Wildman–Crippen MR) is 110 cm³/mol. The molecule has 0 saturated heterocycles. The van der Waals surface area contributed by atoms with Crippen LogP contribution < -0.4 is 10.6 Å². The van der Waals surface area contributed by atoms with Gasteiger partial charge >= 0.3 is 0 Å². The summed E-state index contributed by atoms with van der Waals surface area (Å²) in [6, 6.07) is 13.3. The van der Waals surface area contributed by atoms with E-state index in [0.29, 0.717) is 5.82 Å². The highest BCUT2D eigenvalue weighted by molar-refractivity contribution is 6.33. The molecule has 0 aliphatic rings. The van der Waals surface area contributed by atoms with Crippen molar-refractivity contribution >= 4 is 45.8 Å². The molecule has 1 atom stereocenters. The van der Waals surface area contributed by atoms with Crippen LogP contribution in [0.1, 0.15) is 27.9 Å². The molecule has 0 spiro atoms. The molecule has 0 bridgehead atoms. The first-order valence-corrected chi connectivity index (χ1v) is 9.50. The number of nitrogens with one attached hydrogen (secondary N) is 2. The van der Waals surface area contributed by atoms with Gasteiger partial charge in [-0.15, -0.1) is 11.6 Å². The Labute approximate surface area is 172 Å². The lowest BCUT2D eigenvalue weighted by molar-refractivity contribution is -0.118. The molecule has 0 aliphatic carbocycles. The summed E-state index contributed by atoms with van der Waals surface area (Å²) in [5.41, 5.74) is 0.924. The van der Waals surface area contributed by atoms with Crippen molar-refractivity contribution in [3.8, 4) is 0 Å². The molecule has 3 aromatic rings. The van der Waals surface area contributed by atoms with E-state index in [2.05, 4.69) is 20.6 Å². The van der Waals surface area contributed by atoms with Gasteiger partial charge < -0.3 is 10.6 Å². The Morgan fingerprint density at radius 1 is 1.14 bits per heavy atom. The molecule has 1 unspecified atom stereocenters. The van der Waals surface area contributed by atoms with E-state index in [1.807, 2.05) is 42.5 Å². The number of amides is 2. The number of nitrogens with zero attached hydrogens (tertiary/aromatic N) is 2. The lowest BCUT2D eigenvalue weighted by atomic mass is 10.0. The quantitative estimate of drug-likeness (QED) is 0.602. The first kappa shape index (κ1) is 20.0. The second kappa shape index (κ2) is 8.99. The van der Waals surface area contributed by atoms with Crippen LogP contribution in [-0.2, 0) is 4.79 Å². The summed E-state index contributed by atoms with van der Waals surface area (Å²) in [4.78, 5) is 32.5. The normalized spacial score (nSPS) is 11.8. The fourth-order valence-corrected chi connectivity index (χ4v) is 3.05. The second-order valence-electron chi connectivity index (χ2n) is 6.18. The van der Waals surface area contributed by atoms with E-state index in [4.69, 9.17) is 23.2 Å². The molecule has 144 valence electrons. The van der Waals surface area contributed by atoms with Crippen molar-refractivity contribution in [2.24, 2.45) is 0 Å². The summed E-state index contributed by atoms with van der Waals surface area (Å²) >= 11 is 11.6. The van der Waals surface area contributed by atoms with Gasteiger partial charge in [-0.25, -0.2) is 9.97 Å². The Morgan fingerprint density at radius 3 is 2.64 bits per heavy atom. The van der Waals surface area contributed by atoms with Gasteiger partial charge in [0, 0.05) is 6.54 Å². The van der Waals surface area contributed by atoms with Gasteiger partial charge in [0.15, 0.2) is 0 Å². The monoisotopic (exact) mass is 416 g/mol.